The monoisotopic (exact) mass is 383 g/mol. The van der Waals surface area contributed by atoms with Crippen LogP contribution in [0.1, 0.15) is 42.1 Å². The van der Waals surface area contributed by atoms with Crippen LogP contribution in [0, 0.1) is 19.8 Å². The minimum atomic E-state index is 0.107. The van der Waals surface area contributed by atoms with Crippen LogP contribution < -0.4 is 5.32 Å². The van der Waals surface area contributed by atoms with Crippen molar-refractivity contribution in [2.24, 2.45) is 5.92 Å². The molecule has 1 fully saturated rings. The molecule has 27 heavy (non-hydrogen) atoms. The molecule has 1 aromatic carbocycles. The maximum atomic E-state index is 12.5. The Bertz CT molecular complexity index is 747. The van der Waals surface area contributed by atoms with Gasteiger partial charge in [0.05, 0.1) is 12.2 Å². The Balaban J connectivity index is 1.44. The van der Waals surface area contributed by atoms with E-state index in [1.807, 2.05) is 24.2 Å². The van der Waals surface area contributed by atoms with Crippen LogP contribution in [0.25, 0.3) is 0 Å². The molecule has 1 N–H and O–H groups in total. The molecule has 144 valence electrons. The number of carbonyl (C=O) groups excluding carboxylic acids is 1. The Morgan fingerprint density at radius 2 is 1.89 bits per heavy atom. The maximum Gasteiger partial charge on any atom is 0.223 e. The number of nitrogens with one attached hydrogen (secondary N) is 1. The van der Waals surface area contributed by atoms with Gasteiger partial charge in [-0.2, -0.15) is 0 Å². The van der Waals surface area contributed by atoms with Crippen molar-refractivity contribution in [3.63, 3.8) is 0 Å². The molecule has 0 radical (unpaired) electrons. The topological polar surface area (TPSA) is 45.2 Å². The number of aryl methyl sites for hydroxylation is 3. The molecule has 0 saturated carbocycles. The number of rotatable bonds is 6. The first-order valence-corrected chi connectivity index (χ1v) is 10.5. The summed E-state index contributed by atoms with van der Waals surface area (Å²) in [6.45, 7) is 8.79. The van der Waals surface area contributed by atoms with Crippen molar-refractivity contribution < 1.29 is 4.79 Å². The van der Waals surface area contributed by atoms with Gasteiger partial charge in [-0.15, -0.1) is 0 Å². The molecule has 0 unspecified atom stereocenters. The molecule has 0 bridgehead atoms. The van der Waals surface area contributed by atoms with E-state index in [-0.39, 0.29) is 11.8 Å². The third-order valence-electron chi connectivity index (χ3n) is 4.99. The van der Waals surface area contributed by atoms with Gasteiger partial charge in [-0.05, 0) is 79.9 Å². The predicted molar refractivity (Wildman–Crippen MR) is 112 cm³/mol. The Hall–Kier alpha value is -1.85. The molecule has 3 rings (SSSR count). The van der Waals surface area contributed by atoms with E-state index < -0.39 is 0 Å². The largest absolute Gasteiger partial charge is 0.350 e. The highest BCUT2D eigenvalue weighted by Gasteiger charge is 2.25. The number of carbonyl (C=O) groups is 1. The number of piperidine rings is 1. The standard InChI is InChI=1S/C22H29N3OS/c1-4-18-5-6-20(23-14-18)15-24-22(26)19-7-9-25(10-8-19)27-21-12-16(2)11-17(3)13-21/h5-6,11-14,19H,4,7-10,15H2,1-3H3,(H,24,26). The van der Waals surface area contributed by atoms with Gasteiger partial charge in [-0.25, -0.2) is 4.31 Å². The number of hydrogen-bond acceptors (Lipinski definition) is 4. The van der Waals surface area contributed by atoms with E-state index in [1.165, 1.54) is 21.6 Å². The second-order valence-electron chi connectivity index (χ2n) is 7.35. The van der Waals surface area contributed by atoms with Crippen molar-refractivity contribution in [2.75, 3.05) is 13.1 Å². The van der Waals surface area contributed by atoms with Crippen molar-refractivity contribution in [3.8, 4) is 0 Å². The smallest absolute Gasteiger partial charge is 0.223 e. The van der Waals surface area contributed by atoms with Crippen LogP contribution >= 0.6 is 11.9 Å². The summed E-state index contributed by atoms with van der Waals surface area (Å²) in [6.07, 6.45) is 4.69. The zero-order valence-electron chi connectivity index (χ0n) is 16.5. The van der Waals surface area contributed by atoms with Crippen LogP contribution in [0.2, 0.25) is 0 Å². The van der Waals surface area contributed by atoms with Crippen LogP contribution in [0.3, 0.4) is 0 Å². The molecule has 1 saturated heterocycles. The molecule has 1 aliphatic rings. The van der Waals surface area contributed by atoms with Crippen LogP contribution in [-0.4, -0.2) is 28.3 Å². The van der Waals surface area contributed by atoms with Crippen molar-refractivity contribution >= 4 is 17.9 Å². The first-order valence-electron chi connectivity index (χ1n) is 9.76. The number of pyridine rings is 1. The van der Waals surface area contributed by atoms with Crippen LogP contribution in [-0.2, 0) is 17.8 Å². The summed E-state index contributed by atoms with van der Waals surface area (Å²) in [7, 11) is 0. The highest BCUT2D eigenvalue weighted by Crippen LogP contribution is 2.29. The van der Waals surface area contributed by atoms with E-state index >= 15 is 0 Å². The average molecular weight is 384 g/mol. The molecule has 2 aromatic rings. The fourth-order valence-corrected chi connectivity index (χ4v) is 4.60. The molecule has 1 aliphatic heterocycles. The van der Waals surface area contributed by atoms with Crippen molar-refractivity contribution in [3.05, 3.63) is 58.9 Å². The second kappa shape index (κ2) is 9.38. The lowest BCUT2D eigenvalue weighted by atomic mass is 9.97. The molecule has 1 amide bonds. The Labute approximate surface area is 166 Å². The Morgan fingerprint density at radius 1 is 1.19 bits per heavy atom. The quantitative estimate of drug-likeness (QED) is 0.756. The normalized spacial score (nSPS) is 15.7. The molecule has 0 spiro atoms. The van der Waals surface area contributed by atoms with E-state index in [0.29, 0.717) is 6.54 Å². The molecule has 5 heteroatoms. The summed E-state index contributed by atoms with van der Waals surface area (Å²) < 4.78 is 2.38. The first kappa shape index (κ1) is 19.9. The third-order valence-corrected chi connectivity index (χ3v) is 6.06. The van der Waals surface area contributed by atoms with Gasteiger partial charge < -0.3 is 5.32 Å². The molecule has 0 aliphatic carbocycles. The van der Waals surface area contributed by atoms with E-state index in [9.17, 15) is 4.79 Å². The van der Waals surface area contributed by atoms with Gasteiger partial charge in [0.2, 0.25) is 5.91 Å². The minimum absolute atomic E-state index is 0.107. The number of nitrogens with zero attached hydrogens (tertiary/aromatic N) is 2. The summed E-state index contributed by atoms with van der Waals surface area (Å²) in [6, 6.07) is 10.7. The summed E-state index contributed by atoms with van der Waals surface area (Å²) >= 11 is 1.81. The van der Waals surface area contributed by atoms with E-state index in [2.05, 4.69) is 59.6 Å². The fourth-order valence-electron chi connectivity index (χ4n) is 3.43. The van der Waals surface area contributed by atoms with E-state index in [4.69, 9.17) is 0 Å². The average Bonchev–Trinajstić information content (AvgIpc) is 2.66. The van der Waals surface area contributed by atoms with Crippen LogP contribution in [0.5, 0.6) is 0 Å². The van der Waals surface area contributed by atoms with Crippen LogP contribution in [0.4, 0.5) is 0 Å². The minimum Gasteiger partial charge on any atom is -0.350 e. The SMILES string of the molecule is CCc1ccc(CNC(=O)C2CCN(Sc3cc(C)cc(C)c3)CC2)nc1. The lowest BCUT2D eigenvalue weighted by molar-refractivity contribution is -0.126. The predicted octanol–water partition coefficient (Wildman–Crippen LogP) is 4.30. The molecule has 4 nitrogen and oxygen atoms in total. The zero-order chi connectivity index (χ0) is 19.2. The van der Waals surface area contributed by atoms with Crippen molar-refractivity contribution in [1.29, 1.82) is 0 Å². The van der Waals surface area contributed by atoms with Gasteiger partial charge in [-0.1, -0.05) is 19.1 Å². The summed E-state index contributed by atoms with van der Waals surface area (Å²) in [5, 5.41) is 3.06. The number of hydrogen-bond donors (Lipinski definition) is 1. The van der Waals surface area contributed by atoms with Crippen LogP contribution in [0.15, 0.2) is 41.4 Å². The highest BCUT2D eigenvalue weighted by molar-refractivity contribution is 7.97. The second-order valence-corrected chi connectivity index (χ2v) is 8.52. The van der Waals surface area contributed by atoms with Gasteiger partial charge in [0.25, 0.3) is 0 Å². The van der Waals surface area contributed by atoms with Gasteiger partial charge >= 0.3 is 0 Å². The summed E-state index contributed by atoms with van der Waals surface area (Å²) in [4.78, 5) is 18.2. The number of benzene rings is 1. The summed E-state index contributed by atoms with van der Waals surface area (Å²) in [5.74, 6) is 0.267. The zero-order valence-corrected chi connectivity index (χ0v) is 17.3. The van der Waals surface area contributed by atoms with Crippen molar-refractivity contribution in [1.82, 2.24) is 14.6 Å². The van der Waals surface area contributed by atoms with Gasteiger partial charge in [0, 0.05) is 30.1 Å². The van der Waals surface area contributed by atoms with Gasteiger partial charge in [-0.3, -0.25) is 9.78 Å². The molecule has 2 heterocycles. The van der Waals surface area contributed by atoms with Gasteiger partial charge in [0.1, 0.15) is 0 Å². The molecular weight excluding hydrogens is 354 g/mol. The number of amides is 1. The lowest BCUT2D eigenvalue weighted by Gasteiger charge is -2.30. The Kier molecular flexibility index (Phi) is 6.91. The maximum absolute atomic E-state index is 12.5. The molecule has 0 atom stereocenters. The molecule has 1 aromatic heterocycles. The third kappa shape index (κ3) is 5.81. The molecular formula is C22H29N3OS. The lowest BCUT2D eigenvalue weighted by Crippen LogP contribution is -2.38. The number of aromatic nitrogens is 1. The first-order chi connectivity index (χ1) is 13.0. The summed E-state index contributed by atoms with van der Waals surface area (Å²) in [5.41, 5.74) is 4.74. The van der Waals surface area contributed by atoms with E-state index in [0.717, 1.165) is 38.0 Å². The van der Waals surface area contributed by atoms with E-state index in [1.54, 1.807) is 0 Å². The highest BCUT2D eigenvalue weighted by atomic mass is 32.2. The fraction of sp³-hybridized carbons (Fsp3) is 0.455. The van der Waals surface area contributed by atoms with Crippen molar-refractivity contribution in [2.45, 2.75) is 51.5 Å². The Morgan fingerprint density at radius 3 is 2.48 bits per heavy atom. The van der Waals surface area contributed by atoms with Gasteiger partial charge in [0.15, 0.2) is 0 Å².